The molecule has 0 bridgehead atoms. The highest BCUT2D eigenvalue weighted by molar-refractivity contribution is 6.04. The fraction of sp³-hybridized carbons (Fsp3) is 0.400. The van der Waals surface area contributed by atoms with Crippen LogP contribution in [0.25, 0.3) is 0 Å². The third-order valence-corrected chi connectivity index (χ3v) is 4.76. The topological polar surface area (TPSA) is 71.2 Å². The number of amides is 1. The first-order chi connectivity index (χ1) is 12.7. The number of Topliss-reactive ketones (excluding diaryl/α,β-unsaturated/α-hetero) is 1. The van der Waals surface area contributed by atoms with Crippen molar-refractivity contribution in [3.8, 4) is 5.75 Å². The summed E-state index contributed by atoms with van der Waals surface area (Å²) in [5, 5.41) is 2.71. The molecule has 0 saturated heterocycles. The third kappa shape index (κ3) is 4.02. The van der Waals surface area contributed by atoms with Crippen LogP contribution in [-0.4, -0.2) is 23.3 Å². The Morgan fingerprint density at radius 3 is 2.70 bits per heavy atom. The lowest BCUT2D eigenvalue weighted by molar-refractivity contribution is -0.0504. The molecule has 1 amide bonds. The summed E-state index contributed by atoms with van der Waals surface area (Å²) >= 11 is 0. The van der Waals surface area contributed by atoms with Gasteiger partial charge in [0.15, 0.2) is 5.78 Å². The van der Waals surface area contributed by atoms with Gasteiger partial charge >= 0.3 is 6.61 Å². The van der Waals surface area contributed by atoms with E-state index in [1.54, 1.807) is 25.1 Å². The molecule has 0 aliphatic heterocycles. The van der Waals surface area contributed by atoms with Gasteiger partial charge < -0.3 is 15.0 Å². The summed E-state index contributed by atoms with van der Waals surface area (Å²) in [7, 11) is 0. The SMILES string of the molecule is Cc1c(C(=O)NCc2ccccc2OC(F)F)[nH]c2c1C(=O)CC(C)(C)C2. The van der Waals surface area contributed by atoms with Crippen LogP contribution in [0.1, 0.15) is 57.9 Å². The Kier molecular flexibility index (Phi) is 5.04. The largest absolute Gasteiger partial charge is 0.434 e. The molecule has 7 heteroatoms. The van der Waals surface area contributed by atoms with Crippen LogP contribution in [0.2, 0.25) is 0 Å². The van der Waals surface area contributed by atoms with E-state index in [4.69, 9.17) is 0 Å². The zero-order chi connectivity index (χ0) is 19.8. The van der Waals surface area contributed by atoms with Crippen molar-refractivity contribution in [1.29, 1.82) is 0 Å². The van der Waals surface area contributed by atoms with Crippen molar-refractivity contribution in [2.24, 2.45) is 5.41 Å². The van der Waals surface area contributed by atoms with Gasteiger partial charge in [0, 0.05) is 29.8 Å². The second-order valence-corrected chi connectivity index (χ2v) is 7.59. The summed E-state index contributed by atoms with van der Waals surface area (Å²) in [5.41, 5.74) is 2.62. The highest BCUT2D eigenvalue weighted by atomic mass is 19.3. The van der Waals surface area contributed by atoms with Crippen molar-refractivity contribution >= 4 is 11.7 Å². The van der Waals surface area contributed by atoms with Crippen LogP contribution in [-0.2, 0) is 13.0 Å². The van der Waals surface area contributed by atoms with Crippen LogP contribution in [0.15, 0.2) is 24.3 Å². The van der Waals surface area contributed by atoms with Gasteiger partial charge in [0.05, 0.1) is 0 Å². The van der Waals surface area contributed by atoms with Crippen molar-refractivity contribution in [1.82, 2.24) is 10.3 Å². The summed E-state index contributed by atoms with van der Waals surface area (Å²) in [4.78, 5) is 28.1. The zero-order valence-electron chi connectivity index (χ0n) is 15.5. The number of aromatic nitrogens is 1. The lowest BCUT2D eigenvalue weighted by Gasteiger charge is -2.28. The Balaban J connectivity index is 1.78. The minimum absolute atomic E-state index is 0.0206. The molecule has 1 aliphatic carbocycles. The molecule has 0 saturated carbocycles. The molecule has 1 aromatic carbocycles. The van der Waals surface area contributed by atoms with Gasteiger partial charge in [-0.05, 0) is 30.4 Å². The van der Waals surface area contributed by atoms with E-state index in [1.165, 1.54) is 6.07 Å². The van der Waals surface area contributed by atoms with E-state index < -0.39 is 6.61 Å². The normalized spacial score (nSPS) is 15.6. The molecule has 3 rings (SSSR count). The smallest absolute Gasteiger partial charge is 0.387 e. The number of nitrogens with one attached hydrogen (secondary N) is 2. The second-order valence-electron chi connectivity index (χ2n) is 7.59. The third-order valence-electron chi connectivity index (χ3n) is 4.76. The van der Waals surface area contributed by atoms with Gasteiger partial charge in [0.2, 0.25) is 0 Å². The molecule has 27 heavy (non-hydrogen) atoms. The second kappa shape index (κ2) is 7.13. The summed E-state index contributed by atoms with van der Waals surface area (Å²) in [6.45, 7) is 2.88. The number of hydrogen-bond donors (Lipinski definition) is 2. The molecule has 1 aliphatic rings. The minimum Gasteiger partial charge on any atom is -0.434 e. The molecule has 2 N–H and O–H groups in total. The van der Waals surface area contributed by atoms with E-state index in [0.29, 0.717) is 35.2 Å². The van der Waals surface area contributed by atoms with Crippen molar-refractivity contribution < 1.29 is 23.1 Å². The van der Waals surface area contributed by atoms with E-state index in [0.717, 1.165) is 5.69 Å². The number of aromatic amines is 1. The van der Waals surface area contributed by atoms with Crippen LogP contribution >= 0.6 is 0 Å². The number of halogens is 2. The number of H-pyrrole nitrogens is 1. The Morgan fingerprint density at radius 2 is 2.00 bits per heavy atom. The minimum atomic E-state index is -2.94. The summed E-state index contributed by atoms with van der Waals surface area (Å²) < 4.78 is 29.5. The number of ether oxygens (including phenoxy) is 1. The van der Waals surface area contributed by atoms with E-state index in [1.807, 2.05) is 13.8 Å². The Morgan fingerprint density at radius 1 is 1.30 bits per heavy atom. The lowest BCUT2D eigenvalue weighted by atomic mass is 9.75. The van der Waals surface area contributed by atoms with E-state index in [2.05, 4.69) is 15.0 Å². The van der Waals surface area contributed by atoms with Gasteiger partial charge in [-0.25, -0.2) is 0 Å². The van der Waals surface area contributed by atoms with E-state index >= 15 is 0 Å². The van der Waals surface area contributed by atoms with Gasteiger partial charge in [0.1, 0.15) is 11.4 Å². The van der Waals surface area contributed by atoms with E-state index in [-0.39, 0.29) is 29.4 Å². The van der Waals surface area contributed by atoms with Crippen LogP contribution in [0.5, 0.6) is 5.75 Å². The first-order valence-electron chi connectivity index (χ1n) is 8.73. The Hall–Kier alpha value is -2.70. The summed E-state index contributed by atoms with van der Waals surface area (Å²) in [5.74, 6) is -0.337. The molecular weight excluding hydrogens is 354 g/mol. The van der Waals surface area contributed by atoms with Gasteiger partial charge in [-0.15, -0.1) is 0 Å². The average Bonchev–Trinajstić information content (AvgIpc) is 2.88. The highest BCUT2D eigenvalue weighted by Gasteiger charge is 2.35. The molecule has 144 valence electrons. The molecule has 0 radical (unpaired) electrons. The van der Waals surface area contributed by atoms with Gasteiger partial charge in [-0.1, -0.05) is 32.0 Å². The molecule has 0 fully saturated rings. The van der Waals surface area contributed by atoms with Gasteiger partial charge in [0.25, 0.3) is 5.91 Å². The molecular formula is C20H22F2N2O3. The highest BCUT2D eigenvalue weighted by Crippen LogP contribution is 2.36. The number of para-hydroxylation sites is 1. The maximum absolute atomic E-state index is 12.6. The summed E-state index contributed by atoms with van der Waals surface area (Å²) in [6, 6.07) is 6.29. The fourth-order valence-electron chi connectivity index (χ4n) is 3.58. The molecule has 0 atom stereocenters. The van der Waals surface area contributed by atoms with Gasteiger partial charge in [-0.2, -0.15) is 8.78 Å². The number of fused-ring (bicyclic) bond motifs is 1. The number of carbonyl (C=O) groups excluding carboxylic acids is 2. The number of ketones is 1. The number of carbonyl (C=O) groups is 2. The monoisotopic (exact) mass is 376 g/mol. The average molecular weight is 376 g/mol. The number of benzene rings is 1. The van der Waals surface area contributed by atoms with Crippen molar-refractivity contribution in [3.05, 3.63) is 52.3 Å². The van der Waals surface area contributed by atoms with Crippen LogP contribution in [0.3, 0.4) is 0 Å². The van der Waals surface area contributed by atoms with Gasteiger partial charge in [-0.3, -0.25) is 9.59 Å². The van der Waals surface area contributed by atoms with E-state index in [9.17, 15) is 18.4 Å². The molecule has 0 spiro atoms. The fourth-order valence-corrected chi connectivity index (χ4v) is 3.58. The maximum atomic E-state index is 12.6. The quantitative estimate of drug-likeness (QED) is 0.828. The molecule has 0 unspecified atom stereocenters. The Bertz CT molecular complexity index is 887. The lowest BCUT2D eigenvalue weighted by Crippen LogP contribution is -2.26. The van der Waals surface area contributed by atoms with Crippen molar-refractivity contribution in [3.63, 3.8) is 0 Å². The number of rotatable bonds is 5. The summed E-state index contributed by atoms with van der Waals surface area (Å²) in [6.07, 6.45) is 1.13. The van der Waals surface area contributed by atoms with Crippen molar-refractivity contribution in [2.75, 3.05) is 0 Å². The zero-order valence-corrected chi connectivity index (χ0v) is 15.5. The predicted octanol–water partition coefficient (Wildman–Crippen LogP) is 4.01. The number of alkyl halides is 2. The Labute approximate surface area is 156 Å². The molecule has 5 nitrogen and oxygen atoms in total. The predicted molar refractivity (Wildman–Crippen MR) is 96.2 cm³/mol. The maximum Gasteiger partial charge on any atom is 0.387 e. The first-order valence-corrected chi connectivity index (χ1v) is 8.73. The van der Waals surface area contributed by atoms with Crippen molar-refractivity contribution in [2.45, 2.75) is 46.8 Å². The van der Waals surface area contributed by atoms with Crippen LogP contribution < -0.4 is 10.1 Å². The van der Waals surface area contributed by atoms with Crippen LogP contribution in [0, 0.1) is 12.3 Å². The van der Waals surface area contributed by atoms with Crippen LogP contribution in [0.4, 0.5) is 8.78 Å². The molecule has 1 heterocycles. The molecule has 1 aromatic heterocycles. The first kappa shape index (κ1) is 19.1. The molecule has 2 aromatic rings. The standard InChI is InChI=1S/C20H22F2N2O3/c1-11-16-13(8-20(2,3)9-14(16)25)24-17(11)18(26)23-10-12-6-4-5-7-15(12)27-19(21)22/h4-7,19,24H,8-10H2,1-3H3,(H,23,26). The number of hydrogen-bond acceptors (Lipinski definition) is 3.